The fourth-order valence-corrected chi connectivity index (χ4v) is 3.19. The minimum Gasteiger partial charge on any atom is -0.355 e. The zero-order valence-corrected chi connectivity index (χ0v) is 12.9. The summed E-state index contributed by atoms with van der Waals surface area (Å²) in [6.45, 7) is 8.51. The first-order valence-corrected chi connectivity index (χ1v) is 7.82. The predicted molar refractivity (Wildman–Crippen MR) is 82.9 cm³/mol. The van der Waals surface area contributed by atoms with Gasteiger partial charge in [0.15, 0.2) is 5.96 Å². The third-order valence-electron chi connectivity index (χ3n) is 3.26. The normalized spacial score (nSPS) is 16.5. The molecule has 2 heterocycles. The van der Waals surface area contributed by atoms with Crippen LogP contribution < -0.4 is 10.6 Å². The van der Waals surface area contributed by atoms with Crippen molar-refractivity contribution in [1.82, 2.24) is 15.5 Å². The molecule has 0 aromatic carbocycles. The third kappa shape index (κ3) is 4.21. The van der Waals surface area contributed by atoms with Gasteiger partial charge in [-0.1, -0.05) is 0 Å². The predicted octanol–water partition coefficient (Wildman–Crippen LogP) is 1.68. The number of rotatable bonds is 4. The van der Waals surface area contributed by atoms with Gasteiger partial charge in [0, 0.05) is 44.1 Å². The molecular weight excluding hydrogens is 256 g/mol. The van der Waals surface area contributed by atoms with E-state index in [1.165, 1.54) is 18.5 Å². The maximum Gasteiger partial charge on any atom is 0.191 e. The lowest BCUT2D eigenvalue weighted by atomic mass is 10.1. The highest BCUT2D eigenvalue weighted by atomic mass is 32.1. The van der Waals surface area contributed by atoms with E-state index in [0.717, 1.165) is 25.6 Å². The summed E-state index contributed by atoms with van der Waals surface area (Å²) in [4.78, 5) is 8.29. The minimum atomic E-state index is 0.412. The van der Waals surface area contributed by atoms with Gasteiger partial charge in [-0.3, -0.25) is 9.89 Å². The summed E-state index contributed by atoms with van der Waals surface area (Å²) in [7, 11) is 1.82. The van der Waals surface area contributed by atoms with Crippen LogP contribution in [0.4, 0.5) is 0 Å². The van der Waals surface area contributed by atoms with E-state index in [9.17, 15) is 0 Å². The number of nitrogens with zero attached hydrogens (tertiary/aromatic N) is 2. The monoisotopic (exact) mass is 280 g/mol. The average molecular weight is 280 g/mol. The summed E-state index contributed by atoms with van der Waals surface area (Å²) in [5, 5.41) is 8.88. The highest BCUT2D eigenvalue weighted by molar-refractivity contribution is 7.10. The van der Waals surface area contributed by atoms with Gasteiger partial charge >= 0.3 is 0 Å². The molecule has 0 amide bonds. The Morgan fingerprint density at radius 3 is 3.11 bits per heavy atom. The summed E-state index contributed by atoms with van der Waals surface area (Å²) in [5.41, 5.74) is 1.51. The molecule has 0 atom stereocenters. The number of hydrogen-bond acceptors (Lipinski definition) is 3. The number of nitrogens with one attached hydrogen (secondary N) is 2. The zero-order chi connectivity index (χ0) is 13.7. The summed E-state index contributed by atoms with van der Waals surface area (Å²) >= 11 is 1.90. The van der Waals surface area contributed by atoms with Crippen molar-refractivity contribution in [1.29, 1.82) is 0 Å². The highest BCUT2D eigenvalue weighted by Crippen LogP contribution is 2.23. The quantitative estimate of drug-likeness (QED) is 0.651. The largest absolute Gasteiger partial charge is 0.355 e. The van der Waals surface area contributed by atoms with Crippen molar-refractivity contribution in [2.45, 2.75) is 32.9 Å². The zero-order valence-electron chi connectivity index (χ0n) is 12.1. The smallest absolute Gasteiger partial charge is 0.191 e. The van der Waals surface area contributed by atoms with Crippen LogP contribution in [0.1, 0.15) is 24.3 Å². The van der Waals surface area contributed by atoms with Crippen LogP contribution in [0.15, 0.2) is 16.4 Å². The number of fused-ring (bicyclic) bond motifs is 1. The summed E-state index contributed by atoms with van der Waals surface area (Å²) in [5.74, 6) is 0.892. The molecule has 1 aromatic rings. The first-order valence-electron chi connectivity index (χ1n) is 6.94. The molecular formula is C14H24N4S. The van der Waals surface area contributed by atoms with Gasteiger partial charge < -0.3 is 10.6 Å². The second-order valence-corrected chi connectivity index (χ2v) is 6.19. The topological polar surface area (TPSA) is 39.7 Å². The van der Waals surface area contributed by atoms with E-state index in [0.29, 0.717) is 6.04 Å². The van der Waals surface area contributed by atoms with Gasteiger partial charge in [0.1, 0.15) is 0 Å². The molecule has 5 heteroatoms. The Labute approximate surface area is 119 Å². The molecule has 2 N–H and O–H groups in total. The molecule has 0 fully saturated rings. The van der Waals surface area contributed by atoms with Crippen molar-refractivity contribution in [2.75, 3.05) is 26.7 Å². The third-order valence-corrected chi connectivity index (χ3v) is 4.28. The average Bonchev–Trinajstić information content (AvgIpc) is 2.84. The highest BCUT2D eigenvalue weighted by Gasteiger charge is 2.16. The fraction of sp³-hybridized carbons (Fsp3) is 0.643. The number of guanidine groups is 1. The first kappa shape index (κ1) is 14.3. The van der Waals surface area contributed by atoms with Crippen LogP contribution in [0, 0.1) is 0 Å². The lowest BCUT2D eigenvalue weighted by Crippen LogP contribution is -2.44. The molecule has 19 heavy (non-hydrogen) atoms. The van der Waals surface area contributed by atoms with Gasteiger partial charge in [-0.05, 0) is 37.3 Å². The van der Waals surface area contributed by atoms with Crippen LogP contribution in [-0.2, 0) is 13.0 Å². The molecule has 0 saturated carbocycles. The maximum atomic E-state index is 4.22. The van der Waals surface area contributed by atoms with E-state index < -0.39 is 0 Å². The van der Waals surface area contributed by atoms with E-state index in [1.54, 1.807) is 4.88 Å². The lowest BCUT2D eigenvalue weighted by molar-refractivity contribution is 0.260. The Bertz CT molecular complexity index is 425. The van der Waals surface area contributed by atoms with E-state index in [2.05, 4.69) is 45.8 Å². The van der Waals surface area contributed by atoms with E-state index in [-0.39, 0.29) is 0 Å². The van der Waals surface area contributed by atoms with Gasteiger partial charge in [0.25, 0.3) is 0 Å². The fourth-order valence-electron chi connectivity index (χ4n) is 2.30. The van der Waals surface area contributed by atoms with Crippen LogP contribution >= 0.6 is 11.3 Å². The molecule has 0 radical (unpaired) electrons. The Morgan fingerprint density at radius 2 is 2.37 bits per heavy atom. The standard InChI is InChI=1S/C14H24N4S/c1-11(2)17-14(15-3)16-6-8-18-7-4-13-12(10-18)5-9-19-13/h5,9,11H,4,6-8,10H2,1-3H3,(H2,15,16,17). The van der Waals surface area contributed by atoms with Crippen LogP contribution in [0.25, 0.3) is 0 Å². The minimum absolute atomic E-state index is 0.412. The number of aliphatic imine (C=N–C) groups is 1. The molecule has 0 unspecified atom stereocenters. The molecule has 1 aliphatic rings. The van der Waals surface area contributed by atoms with Gasteiger partial charge in [-0.2, -0.15) is 0 Å². The van der Waals surface area contributed by atoms with E-state index in [1.807, 2.05) is 18.4 Å². The van der Waals surface area contributed by atoms with E-state index in [4.69, 9.17) is 0 Å². The molecule has 0 spiro atoms. The molecule has 1 aliphatic heterocycles. The van der Waals surface area contributed by atoms with Gasteiger partial charge in [-0.25, -0.2) is 0 Å². The Morgan fingerprint density at radius 1 is 1.53 bits per heavy atom. The van der Waals surface area contributed by atoms with E-state index >= 15 is 0 Å². The number of thiophene rings is 1. The molecule has 106 valence electrons. The maximum absolute atomic E-state index is 4.22. The van der Waals surface area contributed by atoms with Gasteiger partial charge in [0.2, 0.25) is 0 Å². The number of hydrogen-bond donors (Lipinski definition) is 2. The Kier molecular flexibility index (Phi) is 5.22. The molecule has 0 bridgehead atoms. The molecule has 0 aliphatic carbocycles. The van der Waals surface area contributed by atoms with Crippen molar-refractivity contribution in [3.63, 3.8) is 0 Å². The summed E-state index contributed by atoms with van der Waals surface area (Å²) in [6.07, 6.45) is 1.20. The molecule has 1 aromatic heterocycles. The summed E-state index contributed by atoms with van der Waals surface area (Å²) in [6, 6.07) is 2.67. The van der Waals surface area contributed by atoms with Crippen molar-refractivity contribution in [3.05, 3.63) is 21.9 Å². The van der Waals surface area contributed by atoms with Crippen LogP contribution in [0.5, 0.6) is 0 Å². The van der Waals surface area contributed by atoms with Crippen molar-refractivity contribution in [3.8, 4) is 0 Å². The summed E-state index contributed by atoms with van der Waals surface area (Å²) < 4.78 is 0. The lowest BCUT2D eigenvalue weighted by Gasteiger charge is -2.27. The van der Waals surface area contributed by atoms with Crippen molar-refractivity contribution >= 4 is 17.3 Å². The van der Waals surface area contributed by atoms with Crippen molar-refractivity contribution in [2.24, 2.45) is 4.99 Å². The second kappa shape index (κ2) is 6.91. The SMILES string of the molecule is CN=C(NCCN1CCc2sccc2C1)NC(C)C. The van der Waals surface area contributed by atoms with Gasteiger partial charge in [-0.15, -0.1) is 11.3 Å². The Hall–Kier alpha value is -1.07. The first-order chi connectivity index (χ1) is 9.19. The van der Waals surface area contributed by atoms with Crippen LogP contribution in [0.2, 0.25) is 0 Å². The second-order valence-electron chi connectivity index (χ2n) is 5.19. The van der Waals surface area contributed by atoms with Crippen LogP contribution in [0.3, 0.4) is 0 Å². The van der Waals surface area contributed by atoms with Crippen LogP contribution in [-0.4, -0.2) is 43.6 Å². The van der Waals surface area contributed by atoms with Crippen molar-refractivity contribution < 1.29 is 0 Å². The Balaban J connectivity index is 1.72. The molecule has 2 rings (SSSR count). The molecule has 0 saturated heterocycles. The van der Waals surface area contributed by atoms with Gasteiger partial charge in [0.05, 0.1) is 0 Å². The molecule has 4 nitrogen and oxygen atoms in total.